The summed E-state index contributed by atoms with van der Waals surface area (Å²) in [6, 6.07) is 9.39. The third kappa shape index (κ3) is 6.66. The van der Waals surface area contributed by atoms with Crippen LogP contribution in [0.3, 0.4) is 0 Å². The van der Waals surface area contributed by atoms with Crippen LogP contribution in [0, 0.1) is 11.8 Å². The average Bonchev–Trinajstić information content (AvgIpc) is 2.74. The van der Waals surface area contributed by atoms with Gasteiger partial charge in [0.2, 0.25) is 15.9 Å². The van der Waals surface area contributed by atoms with Crippen molar-refractivity contribution in [2.45, 2.75) is 32.6 Å². The maximum absolute atomic E-state index is 12.5. The first kappa shape index (κ1) is 22.0. The predicted molar refractivity (Wildman–Crippen MR) is 117 cm³/mol. The number of hydrogen-bond donors (Lipinski definition) is 1. The number of rotatable bonds is 7. The highest BCUT2D eigenvalue weighted by Gasteiger charge is 2.29. The molecule has 1 amide bonds. The van der Waals surface area contributed by atoms with Gasteiger partial charge in [0.05, 0.1) is 0 Å². The van der Waals surface area contributed by atoms with Crippen molar-refractivity contribution in [2.75, 3.05) is 39.3 Å². The number of hydrogen-bond acceptors (Lipinski definition) is 4. The van der Waals surface area contributed by atoms with E-state index in [1.165, 1.54) is 22.6 Å². The fraction of sp³-hybridized carbons (Fsp3) is 0.591. The van der Waals surface area contributed by atoms with Gasteiger partial charge < -0.3 is 10.2 Å². The molecule has 2 aliphatic rings. The van der Waals surface area contributed by atoms with Crippen LogP contribution >= 0.6 is 0 Å². The minimum atomic E-state index is -3.45. The van der Waals surface area contributed by atoms with E-state index in [-0.39, 0.29) is 11.8 Å². The molecule has 7 heteroatoms. The van der Waals surface area contributed by atoms with Crippen LogP contribution < -0.4 is 5.32 Å². The van der Waals surface area contributed by atoms with Crippen molar-refractivity contribution in [1.29, 1.82) is 0 Å². The number of carbonyl (C=O) groups excluding carboxylic acids is 1. The Kier molecular flexibility index (Phi) is 7.86. The zero-order chi connectivity index (χ0) is 20.7. The first-order chi connectivity index (χ1) is 13.9. The third-order valence-corrected chi connectivity index (χ3v) is 7.59. The number of amides is 1. The molecule has 1 N–H and O–H groups in total. The number of likely N-dealkylation sites (tertiary alicyclic amines) is 1. The standard InChI is InChI=1S/C22H33N3O3S/c1-19-7-13-24(14-8-19)17-12-23-22(26)21-9-15-25(16-10-21)29(27,28)18-11-20-5-3-2-4-6-20/h2-6,11,18-19,21H,7-10,12-17H2,1H3,(H,23,26). The predicted octanol–water partition coefficient (Wildman–Crippen LogP) is 2.55. The highest BCUT2D eigenvalue weighted by atomic mass is 32.2. The highest BCUT2D eigenvalue weighted by molar-refractivity contribution is 7.92. The van der Waals surface area contributed by atoms with Crippen LogP contribution in [0.2, 0.25) is 0 Å². The monoisotopic (exact) mass is 419 g/mol. The molecule has 160 valence electrons. The molecule has 0 saturated carbocycles. The third-order valence-electron chi connectivity index (χ3n) is 6.02. The summed E-state index contributed by atoms with van der Waals surface area (Å²) in [6.45, 7) is 6.88. The summed E-state index contributed by atoms with van der Waals surface area (Å²) < 4.78 is 26.6. The molecule has 2 saturated heterocycles. The summed E-state index contributed by atoms with van der Waals surface area (Å²) in [6.07, 6.45) is 5.24. The van der Waals surface area contributed by atoms with Crippen LogP contribution in [0.5, 0.6) is 0 Å². The van der Waals surface area contributed by atoms with Gasteiger partial charge in [0.25, 0.3) is 0 Å². The summed E-state index contributed by atoms with van der Waals surface area (Å²) in [5.74, 6) is 0.776. The van der Waals surface area contributed by atoms with E-state index in [4.69, 9.17) is 0 Å². The Balaban J connectivity index is 1.40. The van der Waals surface area contributed by atoms with Gasteiger partial charge >= 0.3 is 0 Å². The van der Waals surface area contributed by atoms with E-state index in [9.17, 15) is 13.2 Å². The molecule has 0 unspecified atom stereocenters. The van der Waals surface area contributed by atoms with E-state index in [0.29, 0.717) is 32.5 Å². The molecule has 2 heterocycles. The van der Waals surface area contributed by atoms with Gasteiger partial charge in [-0.3, -0.25) is 4.79 Å². The SMILES string of the molecule is CC1CCN(CCNC(=O)C2CCN(S(=O)(=O)C=Cc3ccccc3)CC2)CC1. The van der Waals surface area contributed by atoms with Crippen molar-refractivity contribution in [3.63, 3.8) is 0 Å². The van der Waals surface area contributed by atoms with E-state index in [2.05, 4.69) is 17.1 Å². The van der Waals surface area contributed by atoms with Crippen molar-refractivity contribution >= 4 is 22.0 Å². The maximum atomic E-state index is 12.5. The molecule has 0 aliphatic carbocycles. The zero-order valence-corrected chi connectivity index (χ0v) is 18.1. The van der Waals surface area contributed by atoms with Gasteiger partial charge in [-0.25, -0.2) is 8.42 Å². The van der Waals surface area contributed by atoms with Crippen LogP contribution in [0.1, 0.15) is 38.2 Å². The van der Waals surface area contributed by atoms with E-state index >= 15 is 0 Å². The lowest BCUT2D eigenvalue weighted by Gasteiger charge is -2.31. The fourth-order valence-corrected chi connectivity index (χ4v) is 5.18. The first-order valence-electron chi connectivity index (χ1n) is 10.7. The van der Waals surface area contributed by atoms with Crippen LogP contribution in [0.25, 0.3) is 6.08 Å². The van der Waals surface area contributed by atoms with Crippen molar-refractivity contribution in [1.82, 2.24) is 14.5 Å². The lowest BCUT2D eigenvalue weighted by Crippen LogP contribution is -2.44. The molecular formula is C22H33N3O3S. The van der Waals surface area contributed by atoms with E-state index in [0.717, 1.165) is 31.1 Å². The van der Waals surface area contributed by atoms with Crippen LogP contribution in [0.15, 0.2) is 35.7 Å². The molecule has 0 spiro atoms. The minimum Gasteiger partial charge on any atom is -0.355 e. The summed E-state index contributed by atoms with van der Waals surface area (Å²) in [4.78, 5) is 14.9. The smallest absolute Gasteiger partial charge is 0.236 e. The number of piperidine rings is 2. The molecule has 0 atom stereocenters. The van der Waals surface area contributed by atoms with Crippen LogP contribution in [-0.2, 0) is 14.8 Å². The van der Waals surface area contributed by atoms with Crippen molar-refractivity contribution < 1.29 is 13.2 Å². The molecule has 2 aliphatic heterocycles. The summed E-state index contributed by atoms with van der Waals surface area (Å²) >= 11 is 0. The summed E-state index contributed by atoms with van der Waals surface area (Å²) in [5, 5.41) is 4.31. The number of sulfonamides is 1. The Bertz CT molecular complexity index is 779. The molecule has 1 aromatic carbocycles. The molecular weight excluding hydrogens is 386 g/mol. The Morgan fingerprint density at radius 3 is 2.38 bits per heavy atom. The van der Waals surface area contributed by atoms with E-state index in [1.54, 1.807) is 6.08 Å². The lowest BCUT2D eigenvalue weighted by atomic mass is 9.97. The number of carbonyl (C=O) groups is 1. The molecule has 6 nitrogen and oxygen atoms in total. The Morgan fingerprint density at radius 2 is 1.72 bits per heavy atom. The van der Waals surface area contributed by atoms with Crippen molar-refractivity contribution in [2.24, 2.45) is 11.8 Å². The number of nitrogens with zero attached hydrogens (tertiary/aromatic N) is 2. The van der Waals surface area contributed by atoms with Crippen molar-refractivity contribution in [3.05, 3.63) is 41.3 Å². The normalized spacial score (nSPS) is 20.9. The first-order valence-corrected chi connectivity index (χ1v) is 12.2. The van der Waals surface area contributed by atoms with E-state index in [1.807, 2.05) is 30.3 Å². The number of nitrogens with one attached hydrogen (secondary N) is 1. The van der Waals surface area contributed by atoms with Gasteiger partial charge in [-0.05, 0) is 56.3 Å². The Morgan fingerprint density at radius 1 is 1.07 bits per heavy atom. The van der Waals surface area contributed by atoms with E-state index < -0.39 is 10.0 Å². The summed E-state index contributed by atoms with van der Waals surface area (Å²) in [5.41, 5.74) is 0.855. The molecule has 2 fully saturated rings. The molecule has 3 rings (SSSR count). The van der Waals surface area contributed by atoms with Crippen LogP contribution in [0.4, 0.5) is 0 Å². The quantitative estimate of drug-likeness (QED) is 0.737. The maximum Gasteiger partial charge on any atom is 0.236 e. The zero-order valence-electron chi connectivity index (χ0n) is 17.3. The highest BCUT2D eigenvalue weighted by Crippen LogP contribution is 2.21. The summed E-state index contributed by atoms with van der Waals surface area (Å²) in [7, 11) is -3.45. The number of benzene rings is 1. The van der Waals surface area contributed by atoms with Gasteiger partial charge in [0.1, 0.15) is 0 Å². The Labute approximate surface area is 175 Å². The second-order valence-electron chi connectivity index (χ2n) is 8.25. The van der Waals surface area contributed by atoms with Crippen LogP contribution in [-0.4, -0.2) is 62.8 Å². The molecule has 0 aromatic heterocycles. The van der Waals surface area contributed by atoms with Gasteiger partial charge in [-0.2, -0.15) is 4.31 Å². The van der Waals surface area contributed by atoms with Gasteiger partial charge in [-0.1, -0.05) is 37.3 Å². The van der Waals surface area contributed by atoms with Gasteiger partial charge in [0.15, 0.2) is 0 Å². The Hall–Kier alpha value is -1.70. The van der Waals surface area contributed by atoms with Gasteiger partial charge in [0, 0.05) is 37.5 Å². The molecule has 0 bridgehead atoms. The molecule has 0 radical (unpaired) electrons. The average molecular weight is 420 g/mol. The second-order valence-corrected chi connectivity index (χ2v) is 10.1. The van der Waals surface area contributed by atoms with Gasteiger partial charge in [-0.15, -0.1) is 0 Å². The molecule has 29 heavy (non-hydrogen) atoms. The molecule has 1 aromatic rings. The minimum absolute atomic E-state index is 0.0623. The topological polar surface area (TPSA) is 69.7 Å². The fourth-order valence-electron chi connectivity index (χ4n) is 3.95. The second kappa shape index (κ2) is 10.4. The lowest BCUT2D eigenvalue weighted by molar-refractivity contribution is -0.126. The largest absolute Gasteiger partial charge is 0.355 e. The van der Waals surface area contributed by atoms with Crippen molar-refractivity contribution in [3.8, 4) is 0 Å².